The van der Waals surface area contributed by atoms with Crippen LogP contribution in [0, 0.1) is 12.3 Å². The standard InChI is InChI=1S/C15H12BrN3O3/c1-2-15(22)3-4-18(9-15)14(21)10-5-12(16)13-17-6-11(8-20)19(13)7-10/h1,5-8,22H,3-4,9H2. The van der Waals surface area contributed by atoms with E-state index in [0.29, 0.717) is 40.6 Å². The molecule has 1 aliphatic heterocycles. The van der Waals surface area contributed by atoms with Crippen LogP contribution in [0.15, 0.2) is 22.9 Å². The van der Waals surface area contributed by atoms with E-state index >= 15 is 0 Å². The van der Waals surface area contributed by atoms with E-state index in [-0.39, 0.29) is 12.5 Å². The first-order chi connectivity index (χ1) is 10.5. The number of pyridine rings is 1. The lowest BCUT2D eigenvalue weighted by Gasteiger charge is -2.18. The summed E-state index contributed by atoms with van der Waals surface area (Å²) >= 11 is 3.35. The highest BCUT2D eigenvalue weighted by atomic mass is 79.9. The van der Waals surface area contributed by atoms with E-state index in [4.69, 9.17) is 6.42 Å². The van der Waals surface area contributed by atoms with E-state index in [1.807, 2.05) is 0 Å². The third-order valence-corrected chi connectivity index (χ3v) is 4.34. The second-order valence-electron chi connectivity index (χ2n) is 5.22. The van der Waals surface area contributed by atoms with Crippen LogP contribution in [-0.4, -0.2) is 50.3 Å². The zero-order valence-electron chi connectivity index (χ0n) is 11.5. The molecule has 3 heterocycles. The van der Waals surface area contributed by atoms with Crippen LogP contribution in [-0.2, 0) is 0 Å². The van der Waals surface area contributed by atoms with Gasteiger partial charge < -0.3 is 10.0 Å². The van der Waals surface area contributed by atoms with Gasteiger partial charge in [-0.25, -0.2) is 4.98 Å². The lowest BCUT2D eigenvalue weighted by Crippen LogP contribution is -2.35. The monoisotopic (exact) mass is 361 g/mol. The Morgan fingerprint density at radius 1 is 1.59 bits per heavy atom. The minimum Gasteiger partial charge on any atom is -0.376 e. The van der Waals surface area contributed by atoms with E-state index in [1.165, 1.54) is 11.1 Å². The molecule has 2 aromatic heterocycles. The number of hydrogen-bond acceptors (Lipinski definition) is 4. The molecule has 3 rings (SSSR count). The SMILES string of the molecule is C#CC1(O)CCN(C(=O)c2cc(Br)c3ncc(C=O)n3c2)C1. The fourth-order valence-electron chi connectivity index (χ4n) is 2.54. The lowest BCUT2D eigenvalue weighted by atomic mass is 10.1. The van der Waals surface area contributed by atoms with Crippen molar-refractivity contribution in [1.29, 1.82) is 0 Å². The predicted molar refractivity (Wildman–Crippen MR) is 82.6 cm³/mol. The van der Waals surface area contributed by atoms with Gasteiger partial charge in [-0.3, -0.25) is 14.0 Å². The minimum atomic E-state index is -1.26. The number of terminal acetylenes is 1. The maximum atomic E-state index is 12.6. The molecule has 0 aromatic carbocycles. The maximum absolute atomic E-state index is 12.6. The van der Waals surface area contributed by atoms with Gasteiger partial charge in [0.05, 0.1) is 22.8 Å². The van der Waals surface area contributed by atoms with Crippen LogP contribution in [0.1, 0.15) is 27.3 Å². The second kappa shape index (κ2) is 5.23. The Morgan fingerprint density at radius 2 is 2.36 bits per heavy atom. The average molecular weight is 362 g/mol. The molecule has 6 nitrogen and oxygen atoms in total. The number of aromatic nitrogens is 2. The van der Waals surface area contributed by atoms with Crippen molar-refractivity contribution in [2.45, 2.75) is 12.0 Å². The van der Waals surface area contributed by atoms with Crippen LogP contribution in [0.3, 0.4) is 0 Å². The van der Waals surface area contributed by atoms with Gasteiger partial charge in [0.15, 0.2) is 11.9 Å². The molecule has 1 unspecified atom stereocenters. The summed E-state index contributed by atoms with van der Waals surface area (Å²) in [6, 6.07) is 1.65. The third kappa shape index (κ3) is 2.30. The molecule has 0 radical (unpaired) electrons. The summed E-state index contributed by atoms with van der Waals surface area (Å²) in [5.41, 5.74) is 0.0359. The molecular weight excluding hydrogens is 350 g/mol. The number of carbonyl (C=O) groups is 2. The van der Waals surface area contributed by atoms with Crippen molar-refractivity contribution in [2.75, 3.05) is 13.1 Å². The number of halogens is 1. The van der Waals surface area contributed by atoms with Gasteiger partial charge in [0.25, 0.3) is 5.91 Å². The van der Waals surface area contributed by atoms with Crippen molar-refractivity contribution in [3.8, 4) is 12.3 Å². The molecule has 1 aliphatic rings. The van der Waals surface area contributed by atoms with Gasteiger partial charge in [-0.2, -0.15) is 0 Å². The topological polar surface area (TPSA) is 74.9 Å². The van der Waals surface area contributed by atoms with E-state index < -0.39 is 5.60 Å². The summed E-state index contributed by atoms with van der Waals surface area (Å²) in [5, 5.41) is 10.0. The number of hydrogen-bond donors (Lipinski definition) is 1. The maximum Gasteiger partial charge on any atom is 0.255 e. The van der Waals surface area contributed by atoms with Crippen molar-refractivity contribution in [3.05, 3.63) is 34.2 Å². The molecule has 1 amide bonds. The number of likely N-dealkylation sites (tertiary alicyclic amines) is 1. The third-order valence-electron chi connectivity index (χ3n) is 3.76. The lowest BCUT2D eigenvalue weighted by molar-refractivity contribution is 0.0707. The highest BCUT2D eigenvalue weighted by Crippen LogP contribution is 2.25. The first kappa shape index (κ1) is 14.8. The fraction of sp³-hybridized carbons (Fsp3) is 0.267. The zero-order valence-corrected chi connectivity index (χ0v) is 13.1. The summed E-state index contributed by atoms with van der Waals surface area (Å²) in [6.07, 6.45) is 9.32. The highest BCUT2D eigenvalue weighted by molar-refractivity contribution is 9.10. The number of aldehydes is 1. The van der Waals surface area contributed by atoms with E-state index in [1.54, 1.807) is 16.7 Å². The van der Waals surface area contributed by atoms with Gasteiger partial charge in [-0.15, -0.1) is 6.42 Å². The normalized spacial score (nSPS) is 21.0. The van der Waals surface area contributed by atoms with Crippen LogP contribution in [0.5, 0.6) is 0 Å². The first-order valence-electron chi connectivity index (χ1n) is 6.58. The Balaban J connectivity index is 1.98. The van der Waals surface area contributed by atoms with Gasteiger partial charge >= 0.3 is 0 Å². The number of fused-ring (bicyclic) bond motifs is 1. The van der Waals surface area contributed by atoms with Crippen molar-refractivity contribution in [3.63, 3.8) is 0 Å². The Morgan fingerprint density at radius 3 is 3.00 bits per heavy atom. The van der Waals surface area contributed by atoms with E-state index in [9.17, 15) is 14.7 Å². The van der Waals surface area contributed by atoms with Crippen LogP contribution < -0.4 is 0 Å². The van der Waals surface area contributed by atoms with Crippen molar-refractivity contribution >= 4 is 33.8 Å². The number of rotatable bonds is 2. The summed E-state index contributed by atoms with van der Waals surface area (Å²) < 4.78 is 2.16. The van der Waals surface area contributed by atoms with Crippen molar-refractivity contribution in [1.82, 2.24) is 14.3 Å². The number of amides is 1. The van der Waals surface area contributed by atoms with E-state index in [0.717, 1.165) is 0 Å². The van der Waals surface area contributed by atoms with Crippen LogP contribution in [0.2, 0.25) is 0 Å². The largest absolute Gasteiger partial charge is 0.376 e. The Hall–Kier alpha value is -2.17. The van der Waals surface area contributed by atoms with E-state index in [2.05, 4.69) is 26.8 Å². The molecule has 2 aromatic rings. The number of imidazole rings is 1. The highest BCUT2D eigenvalue weighted by Gasteiger charge is 2.37. The molecular formula is C15H12BrN3O3. The Bertz CT molecular complexity index is 823. The van der Waals surface area contributed by atoms with Crippen molar-refractivity contribution < 1.29 is 14.7 Å². The molecule has 7 heteroatoms. The quantitative estimate of drug-likeness (QED) is 0.642. The van der Waals surface area contributed by atoms with Crippen LogP contribution in [0.4, 0.5) is 0 Å². The average Bonchev–Trinajstić information content (AvgIpc) is 3.11. The van der Waals surface area contributed by atoms with Crippen molar-refractivity contribution in [2.24, 2.45) is 0 Å². The molecule has 0 bridgehead atoms. The van der Waals surface area contributed by atoms with Gasteiger partial charge in [0.1, 0.15) is 11.3 Å². The van der Waals surface area contributed by atoms with Gasteiger partial charge in [-0.1, -0.05) is 5.92 Å². The molecule has 1 N–H and O–H groups in total. The molecule has 1 atom stereocenters. The minimum absolute atomic E-state index is 0.0997. The summed E-state index contributed by atoms with van der Waals surface area (Å²) in [5.74, 6) is 2.07. The number of nitrogens with zero attached hydrogens (tertiary/aromatic N) is 3. The van der Waals surface area contributed by atoms with Gasteiger partial charge in [0, 0.05) is 19.2 Å². The number of aliphatic hydroxyl groups is 1. The number of carbonyl (C=O) groups excluding carboxylic acids is 2. The zero-order chi connectivity index (χ0) is 15.9. The van der Waals surface area contributed by atoms with Gasteiger partial charge in [-0.05, 0) is 22.0 Å². The molecule has 1 saturated heterocycles. The summed E-state index contributed by atoms with van der Waals surface area (Å²) in [4.78, 5) is 29.2. The molecule has 22 heavy (non-hydrogen) atoms. The van der Waals surface area contributed by atoms with Gasteiger partial charge in [0.2, 0.25) is 0 Å². The summed E-state index contributed by atoms with van der Waals surface area (Å²) in [6.45, 7) is 0.488. The fourth-order valence-corrected chi connectivity index (χ4v) is 3.08. The van der Waals surface area contributed by atoms with Crippen LogP contribution >= 0.6 is 15.9 Å². The Kier molecular flexibility index (Phi) is 3.51. The molecule has 0 saturated carbocycles. The Labute approximate surface area is 134 Å². The number of β-amino-alcohol motifs (C(OH)–C–C–N with tert-alkyl or cyclic N) is 1. The molecule has 112 valence electrons. The predicted octanol–water partition coefficient (Wildman–Crippen LogP) is 1.12. The smallest absolute Gasteiger partial charge is 0.255 e. The molecule has 1 fully saturated rings. The summed E-state index contributed by atoms with van der Waals surface area (Å²) in [7, 11) is 0. The van der Waals surface area contributed by atoms with Crippen LogP contribution in [0.25, 0.3) is 5.65 Å². The molecule has 0 aliphatic carbocycles. The first-order valence-corrected chi connectivity index (χ1v) is 7.38. The molecule has 0 spiro atoms. The second-order valence-corrected chi connectivity index (χ2v) is 6.08.